The van der Waals surface area contributed by atoms with Crippen LogP contribution in [0.3, 0.4) is 0 Å². The Bertz CT molecular complexity index is 1460. The van der Waals surface area contributed by atoms with Gasteiger partial charge in [-0.15, -0.1) is 0 Å². The van der Waals surface area contributed by atoms with Crippen molar-refractivity contribution in [2.75, 3.05) is 5.32 Å². The highest BCUT2D eigenvalue weighted by Gasteiger charge is 2.16. The van der Waals surface area contributed by atoms with Crippen molar-refractivity contribution < 1.29 is 4.79 Å². The fourth-order valence-electron chi connectivity index (χ4n) is 3.82. The molecular weight excluding hydrogens is 400 g/mol. The molecule has 0 aliphatic heterocycles. The molecule has 158 valence electrons. The summed E-state index contributed by atoms with van der Waals surface area (Å²) in [6.45, 7) is 5.54. The number of H-pyrrole nitrogens is 1. The van der Waals surface area contributed by atoms with E-state index in [9.17, 15) is 4.79 Å². The van der Waals surface area contributed by atoms with Crippen LogP contribution in [0.1, 0.15) is 28.5 Å². The number of Topliss-reactive ketones (excluding diaryl/α,β-unsaturated/α-hetero) is 1. The van der Waals surface area contributed by atoms with Gasteiger partial charge < -0.3 is 10.3 Å². The van der Waals surface area contributed by atoms with Crippen LogP contribution in [-0.2, 0) is 0 Å². The first-order chi connectivity index (χ1) is 15.5. The first kappa shape index (κ1) is 19.7. The van der Waals surface area contributed by atoms with Gasteiger partial charge in [0.1, 0.15) is 18.0 Å². The predicted octanol–water partition coefficient (Wildman–Crippen LogP) is 5.37. The van der Waals surface area contributed by atoms with E-state index >= 15 is 0 Å². The number of nitrogens with zero attached hydrogens (tertiary/aromatic N) is 4. The number of nitrogens with one attached hydrogen (secondary N) is 2. The van der Waals surface area contributed by atoms with Crippen molar-refractivity contribution in [3.05, 3.63) is 84.1 Å². The summed E-state index contributed by atoms with van der Waals surface area (Å²) in [5.74, 6) is 1.60. The monoisotopic (exact) mass is 422 g/mol. The van der Waals surface area contributed by atoms with Gasteiger partial charge in [0.15, 0.2) is 5.78 Å². The molecule has 0 aliphatic carbocycles. The van der Waals surface area contributed by atoms with E-state index in [0.29, 0.717) is 17.1 Å². The van der Waals surface area contributed by atoms with Crippen LogP contribution in [0.15, 0.2) is 67.3 Å². The predicted molar refractivity (Wildman–Crippen MR) is 126 cm³/mol. The Morgan fingerprint density at radius 1 is 1.06 bits per heavy atom. The Morgan fingerprint density at radius 2 is 1.94 bits per heavy atom. The molecule has 4 heterocycles. The van der Waals surface area contributed by atoms with Gasteiger partial charge in [-0.3, -0.25) is 14.3 Å². The molecule has 0 aliphatic rings. The van der Waals surface area contributed by atoms with Crippen LogP contribution in [0.4, 0.5) is 11.5 Å². The maximum atomic E-state index is 12.3. The molecule has 5 rings (SSSR count). The van der Waals surface area contributed by atoms with Crippen LogP contribution in [0.25, 0.3) is 28.1 Å². The first-order valence-corrected chi connectivity index (χ1v) is 10.3. The molecule has 0 bridgehead atoms. The summed E-state index contributed by atoms with van der Waals surface area (Å²) in [4.78, 5) is 29.1. The van der Waals surface area contributed by atoms with Gasteiger partial charge in [0.05, 0.1) is 16.7 Å². The number of fused-ring (bicyclic) bond motifs is 1. The van der Waals surface area contributed by atoms with Gasteiger partial charge in [0.25, 0.3) is 0 Å². The van der Waals surface area contributed by atoms with E-state index in [-0.39, 0.29) is 5.78 Å². The van der Waals surface area contributed by atoms with Crippen molar-refractivity contribution >= 4 is 28.3 Å². The zero-order valence-corrected chi connectivity index (χ0v) is 18.0. The number of benzene rings is 1. The van der Waals surface area contributed by atoms with E-state index in [1.807, 2.05) is 66.9 Å². The standard InChI is InChI=1S/C25H22N6O/c1-15-13-26-11-10-19(15)25-20(17(3)32)6-9-24(30-25)31-14-27-21-12-18(5-7-22(21)31)29-23-8-4-16(2)28-23/h4-14,28-29H,1-3H3. The average molecular weight is 422 g/mol. The van der Waals surface area contributed by atoms with Crippen LogP contribution in [0.5, 0.6) is 0 Å². The Hall–Kier alpha value is -4.26. The SMILES string of the molecule is CC(=O)c1ccc(-n2cnc3cc(Nc4ccc(C)[nH]4)ccc32)nc1-c1ccncc1C. The van der Waals surface area contributed by atoms with Crippen LogP contribution >= 0.6 is 0 Å². The number of imidazole rings is 1. The van der Waals surface area contributed by atoms with Crippen molar-refractivity contribution in [3.8, 4) is 17.1 Å². The number of aromatic nitrogens is 5. The molecule has 0 radical (unpaired) electrons. The molecule has 32 heavy (non-hydrogen) atoms. The highest BCUT2D eigenvalue weighted by Crippen LogP contribution is 2.28. The van der Waals surface area contributed by atoms with Crippen molar-refractivity contribution in [1.29, 1.82) is 0 Å². The second kappa shape index (κ2) is 7.77. The average Bonchev–Trinajstić information content (AvgIpc) is 3.39. The topological polar surface area (TPSA) is 88.5 Å². The Morgan fingerprint density at radius 3 is 2.69 bits per heavy atom. The van der Waals surface area contributed by atoms with Gasteiger partial charge in [-0.05, 0) is 74.9 Å². The third-order valence-electron chi connectivity index (χ3n) is 5.44. The number of carbonyl (C=O) groups excluding carboxylic acids is 1. The van der Waals surface area contributed by atoms with E-state index in [2.05, 4.69) is 20.3 Å². The summed E-state index contributed by atoms with van der Waals surface area (Å²) in [6.07, 6.45) is 5.25. The van der Waals surface area contributed by atoms with Gasteiger partial charge in [-0.1, -0.05) is 0 Å². The molecule has 0 saturated carbocycles. The number of hydrogen-bond donors (Lipinski definition) is 2. The number of pyridine rings is 2. The lowest BCUT2D eigenvalue weighted by Gasteiger charge is -2.12. The lowest BCUT2D eigenvalue weighted by Crippen LogP contribution is -2.04. The summed E-state index contributed by atoms with van der Waals surface area (Å²) in [5, 5.41) is 3.36. The molecule has 1 aromatic carbocycles. The quantitative estimate of drug-likeness (QED) is 0.372. The molecule has 7 nitrogen and oxygen atoms in total. The van der Waals surface area contributed by atoms with Crippen molar-refractivity contribution in [3.63, 3.8) is 0 Å². The number of anilines is 2. The smallest absolute Gasteiger partial charge is 0.161 e. The van der Waals surface area contributed by atoms with Crippen LogP contribution in [0.2, 0.25) is 0 Å². The number of hydrogen-bond acceptors (Lipinski definition) is 5. The van der Waals surface area contributed by atoms with Gasteiger partial charge in [-0.25, -0.2) is 9.97 Å². The number of carbonyl (C=O) groups is 1. The van der Waals surface area contributed by atoms with Crippen molar-refractivity contribution in [2.24, 2.45) is 0 Å². The molecule has 0 saturated heterocycles. The van der Waals surface area contributed by atoms with E-state index in [1.165, 1.54) is 0 Å². The van der Waals surface area contributed by atoms with Gasteiger partial charge in [0.2, 0.25) is 0 Å². The molecular formula is C25H22N6O. The number of ketones is 1. The first-order valence-electron chi connectivity index (χ1n) is 10.3. The summed E-state index contributed by atoms with van der Waals surface area (Å²) in [5.41, 5.74) is 6.90. The maximum Gasteiger partial charge on any atom is 0.161 e. The Balaban J connectivity index is 1.57. The minimum absolute atomic E-state index is 0.0268. The largest absolute Gasteiger partial charge is 0.346 e. The fourth-order valence-corrected chi connectivity index (χ4v) is 3.82. The molecule has 0 atom stereocenters. The molecule has 7 heteroatoms. The molecule has 0 unspecified atom stereocenters. The second-order valence-corrected chi connectivity index (χ2v) is 7.81. The normalized spacial score (nSPS) is 11.1. The third-order valence-corrected chi connectivity index (χ3v) is 5.44. The second-order valence-electron chi connectivity index (χ2n) is 7.81. The van der Waals surface area contributed by atoms with Crippen LogP contribution in [0, 0.1) is 13.8 Å². The molecule has 0 spiro atoms. The molecule has 4 aromatic heterocycles. The summed E-state index contributed by atoms with van der Waals surface area (Å²) < 4.78 is 1.93. The molecule has 5 aromatic rings. The lowest BCUT2D eigenvalue weighted by molar-refractivity contribution is 0.101. The van der Waals surface area contributed by atoms with Gasteiger partial charge in [-0.2, -0.15) is 0 Å². The maximum absolute atomic E-state index is 12.3. The number of aromatic amines is 1. The lowest BCUT2D eigenvalue weighted by atomic mass is 10.0. The van der Waals surface area contributed by atoms with Crippen LogP contribution in [-0.4, -0.2) is 30.3 Å². The van der Waals surface area contributed by atoms with E-state index < -0.39 is 0 Å². The minimum atomic E-state index is -0.0268. The van der Waals surface area contributed by atoms with Crippen LogP contribution < -0.4 is 5.32 Å². The molecule has 2 N–H and O–H groups in total. The van der Waals surface area contributed by atoms with E-state index in [0.717, 1.165) is 39.4 Å². The summed E-state index contributed by atoms with van der Waals surface area (Å²) in [7, 11) is 0. The third kappa shape index (κ3) is 3.54. The van der Waals surface area contributed by atoms with Gasteiger partial charge >= 0.3 is 0 Å². The zero-order valence-electron chi connectivity index (χ0n) is 18.0. The van der Waals surface area contributed by atoms with Crippen molar-refractivity contribution in [1.82, 2.24) is 24.5 Å². The number of aryl methyl sites for hydroxylation is 2. The summed E-state index contributed by atoms with van der Waals surface area (Å²) >= 11 is 0. The highest BCUT2D eigenvalue weighted by molar-refractivity contribution is 6.00. The Kier molecular flexibility index (Phi) is 4.78. The summed E-state index contributed by atoms with van der Waals surface area (Å²) in [6, 6.07) is 15.6. The molecule has 0 amide bonds. The number of rotatable bonds is 5. The zero-order chi connectivity index (χ0) is 22.2. The minimum Gasteiger partial charge on any atom is -0.346 e. The Labute approximate surface area is 185 Å². The van der Waals surface area contributed by atoms with E-state index in [1.54, 1.807) is 25.6 Å². The fraction of sp³-hybridized carbons (Fsp3) is 0.120. The van der Waals surface area contributed by atoms with Gasteiger partial charge in [0, 0.05) is 34.9 Å². The van der Waals surface area contributed by atoms with E-state index in [4.69, 9.17) is 4.98 Å². The highest BCUT2D eigenvalue weighted by atomic mass is 16.1. The van der Waals surface area contributed by atoms with Crippen molar-refractivity contribution in [2.45, 2.75) is 20.8 Å². The molecule has 0 fully saturated rings.